The summed E-state index contributed by atoms with van der Waals surface area (Å²) in [7, 11) is 0. The van der Waals surface area contributed by atoms with Crippen molar-refractivity contribution >= 4 is 34.7 Å². The summed E-state index contributed by atoms with van der Waals surface area (Å²) in [6.07, 6.45) is 3.40. The van der Waals surface area contributed by atoms with Crippen LogP contribution in [0.25, 0.3) is 22.4 Å². The van der Waals surface area contributed by atoms with Crippen LogP contribution in [0.1, 0.15) is 17.3 Å². The number of imidazole rings is 1. The number of pyridine rings is 1. The molecule has 1 amide bonds. The highest BCUT2D eigenvalue weighted by atomic mass is 32.2. The van der Waals surface area contributed by atoms with E-state index in [-0.39, 0.29) is 12.5 Å². The van der Waals surface area contributed by atoms with Crippen LogP contribution in [0, 0.1) is 0 Å². The van der Waals surface area contributed by atoms with Crippen LogP contribution in [0.3, 0.4) is 0 Å². The summed E-state index contributed by atoms with van der Waals surface area (Å²) in [5.74, 6) is 0.256. The topological polar surface area (TPSA) is 97.0 Å². The molecule has 4 rings (SSSR count). The summed E-state index contributed by atoms with van der Waals surface area (Å²) in [4.78, 5) is 38.2. The lowest BCUT2D eigenvalue weighted by Crippen LogP contribution is -2.43. The summed E-state index contributed by atoms with van der Waals surface area (Å²) in [6, 6.07) is 17.9. The fourth-order valence-corrected chi connectivity index (χ4v) is 4.07. The summed E-state index contributed by atoms with van der Waals surface area (Å²) in [5.41, 5.74) is 2.80. The lowest BCUT2D eigenvalue weighted by Gasteiger charge is -2.17. The number of benzene rings is 2. The third-order valence-electron chi connectivity index (χ3n) is 4.74. The fourth-order valence-electron chi connectivity index (χ4n) is 3.14. The fraction of sp³-hybridized carbons (Fsp3) is 0.167. The van der Waals surface area contributed by atoms with E-state index in [4.69, 9.17) is 4.74 Å². The van der Waals surface area contributed by atoms with E-state index in [1.165, 1.54) is 11.8 Å². The minimum absolute atomic E-state index is 0.248. The van der Waals surface area contributed by atoms with E-state index < -0.39 is 12.0 Å². The SMILES string of the molecule is CCOC(=O)C(CSc1ccccc1)NC(=O)c1ccc2[nH]c(-c3ccncc3)nc2c1. The number of esters is 1. The van der Waals surface area contributed by atoms with E-state index in [1.54, 1.807) is 37.5 Å². The van der Waals surface area contributed by atoms with E-state index in [1.807, 2.05) is 42.5 Å². The van der Waals surface area contributed by atoms with Crippen LogP contribution in [0.5, 0.6) is 0 Å². The van der Waals surface area contributed by atoms with Crippen LogP contribution in [0.15, 0.2) is 78.0 Å². The normalized spacial score (nSPS) is 11.8. The molecule has 8 heteroatoms. The molecule has 162 valence electrons. The molecule has 0 saturated heterocycles. The standard InChI is InChI=1S/C24H22N4O3S/c1-2-31-24(30)21(15-32-18-6-4-3-5-7-18)28-23(29)17-8-9-19-20(14-17)27-22(26-19)16-10-12-25-13-11-16/h3-14,21H,2,15H2,1H3,(H,26,27)(H,28,29). The Labute approximate surface area is 189 Å². The monoisotopic (exact) mass is 446 g/mol. The maximum Gasteiger partial charge on any atom is 0.329 e. The average Bonchev–Trinajstić information content (AvgIpc) is 3.26. The van der Waals surface area contributed by atoms with Crippen molar-refractivity contribution < 1.29 is 14.3 Å². The molecule has 0 fully saturated rings. The second-order valence-corrected chi connectivity index (χ2v) is 8.05. The third kappa shape index (κ3) is 5.15. The first-order chi connectivity index (χ1) is 15.6. The molecule has 2 aromatic heterocycles. The van der Waals surface area contributed by atoms with Gasteiger partial charge >= 0.3 is 5.97 Å². The van der Waals surface area contributed by atoms with Crippen LogP contribution >= 0.6 is 11.8 Å². The van der Waals surface area contributed by atoms with Crippen LogP contribution < -0.4 is 5.32 Å². The summed E-state index contributed by atoms with van der Waals surface area (Å²) < 4.78 is 5.16. The van der Waals surface area contributed by atoms with Gasteiger partial charge in [-0.1, -0.05) is 18.2 Å². The maximum absolute atomic E-state index is 12.9. The van der Waals surface area contributed by atoms with Crippen LogP contribution in [-0.2, 0) is 9.53 Å². The zero-order valence-corrected chi connectivity index (χ0v) is 18.3. The number of fused-ring (bicyclic) bond motifs is 1. The van der Waals surface area contributed by atoms with Gasteiger partial charge in [0.2, 0.25) is 0 Å². The Morgan fingerprint density at radius 1 is 1.09 bits per heavy atom. The summed E-state index contributed by atoms with van der Waals surface area (Å²) in [5, 5.41) is 2.81. The number of amides is 1. The predicted molar refractivity (Wildman–Crippen MR) is 124 cm³/mol. The van der Waals surface area contributed by atoms with Gasteiger partial charge in [-0.05, 0) is 49.4 Å². The molecule has 0 aliphatic rings. The minimum Gasteiger partial charge on any atom is -0.464 e. The third-order valence-corrected chi connectivity index (χ3v) is 5.84. The molecule has 7 nitrogen and oxygen atoms in total. The molecule has 32 heavy (non-hydrogen) atoms. The summed E-state index contributed by atoms with van der Waals surface area (Å²) >= 11 is 1.49. The number of aromatic amines is 1. The van der Waals surface area contributed by atoms with Gasteiger partial charge in [0.1, 0.15) is 11.9 Å². The molecular formula is C24H22N4O3S. The number of thioether (sulfide) groups is 1. The van der Waals surface area contributed by atoms with Crippen molar-refractivity contribution in [3.8, 4) is 11.4 Å². The molecule has 1 unspecified atom stereocenters. The highest BCUT2D eigenvalue weighted by Crippen LogP contribution is 2.22. The average molecular weight is 447 g/mol. The molecule has 1 atom stereocenters. The van der Waals surface area contributed by atoms with Gasteiger partial charge in [-0.3, -0.25) is 9.78 Å². The zero-order valence-electron chi connectivity index (χ0n) is 17.4. The number of rotatable bonds is 8. The number of ether oxygens (including phenoxy) is 1. The van der Waals surface area contributed by atoms with Crippen molar-refractivity contribution in [2.75, 3.05) is 12.4 Å². The molecule has 0 radical (unpaired) electrons. The van der Waals surface area contributed by atoms with E-state index in [0.29, 0.717) is 22.7 Å². The van der Waals surface area contributed by atoms with Crippen molar-refractivity contribution in [1.82, 2.24) is 20.3 Å². The van der Waals surface area contributed by atoms with E-state index in [2.05, 4.69) is 20.3 Å². The number of hydrogen-bond acceptors (Lipinski definition) is 6. The number of carbonyl (C=O) groups is 2. The first kappa shape index (κ1) is 21.6. The van der Waals surface area contributed by atoms with Gasteiger partial charge in [0.25, 0.3) is 5.91 Å². The van der Waals surface area contributed by atoms with Crippen molar-refractivity contribution in [3.05, 3.63) is 78.6 Å². The van der Waals surface area contributed by atoms with E-state index >= 15 is 0 Å². The number of nitrogens with zero attached hydrogens (tertiary/aromatic N) is 2. The number of carbonyl (C=O) groups excluding carboxylic acids is 2. The largest absolute Gasteiger partial charge is 0.464 e. The number of nitrogens with one attached hydrogen (secondary N) is 2. The molecule has 0 spiro atoms. The lowest BCUT2D eigenvalue weighted by molar-refractivity contribution is -0.144. The summed E-state index contributed by atoms with van der Waals surface area (Å²) in [6.45, 7) is 1.99. The second kappa shape index (κ2) is 10.1. The molecule has 2 aromatic carbocycles. The zero-order chi connectivity index (χ0) is 22.3. The molecular weight excluding hydrogens is 424 g/mol. The van der Waals surface area contributed by atoms with Crippen molar-refractivity contribution in [3.63, 3.8) is 0 Å². The second-order valence-electron chi connectivity index (χ2n) is 6.96. The smallest absolute Gasteiger partial charge is 0.329 e. The Bertz CT molecular complexity index is 1210. The molecule has 0 aliphatic carbocycles. The van der Waals surface area contributed by atoms with Gasteiger partial charge < -0.3 is 15.0 Å². The lowest BCUT2D eigenvalue weighted by atomic mass is 10.1. The molecule has 2 N–H and O–H groups in total. The Kier molecular flexibility index (Phi) is 6.81. The molecule has 2 heterocycles. The first-order valence-electron chi connectivity index (χ1n) is 10.2. The Hall–Kier alpha value is -3.65. The van der Waals surface area contributed by atoms with Gasteiger partial charge in [-0.15, -0.1) is 11.8 Å². The van der Waals surface area contributed by atoms with E-state index in [9.17, 15) is 9.59 Å². The number of aromatic nitrogens is 3. The van der Waals surface area contributed by atoms with Crippen LogP contribution in [-0.4, -0.2) is 45.2 Å². The van der Waals surface area contributed by atoms with E-state index in [0.717, 1.165) is 16.0 Å². The Balaban J connectivity index is 1.50. The molecule has 0 bridgehead atoms. The van der Waals surface area contributed by atoms with Gasteiger partial charge in [0.05, 0.1) is 17.6 Å². The maximum atomic E-state index is 12.9. The highest BCUT2D eigenvalue weighted by Gasteiger charge is 2.23. The van der Waals surface area contributed by atoms with Gasteiger partial charge in [0, 0.05) is 34.2 Å². The van der Waals surface area contributed by atoms with Gasteiger partial charge in [-0.25, -0.2) is 9.78 Å². The van der Waals surface area contributed by atoms with Crippen molar-refractivity contribution in [1.29, 1.82) is 0 Å². The van der Waals surface area contributed by atoms with Crippen LogP contribution in [0.4, 0.5) is 0 Å². The highest BCUT2D eigenvalue weighted by molar-refractivity contribution is 7.99. The Morgan fingerprint density at radius 2 is 1.88 bits per heavy atom. The van der Waals surface area contributed by atoms with Crippen LogP contribution in [0.2, 0.25) is 0 Å². The first-order valence-corrected chi connectivity index (χ1v) is 11.2. The Morgan fingerprint density at radius 3 is 2.62 bits per heavy atom. The predicted octanol–water partition coefficient (Wildman–Crippen LogP) is 4.08. The number of H-pyrrole nitrogens is 1. The minimum atomic E-state index is -0.769. The van der Waals surface area contributed by atoms with Crippen molar-refractivity contribution in [2.45, 2.75) is 17.9 Å². The van der Waals surface area contributed by atoms with Gasteiger partial charge in [0.15, 0.2) is 0 Å². The molecule has 0 aliphatic heterocycles. The number of hydrogen-bond donors (Lipinski definition) is 2. The quantitative estimate of drug-likeness (QED) is 0.313. The van der Waals surface area contributed by atoms with Crippen molar-refractivity contribution in [2.24, 2.45) is 0 Å². The molecule has 4 aromatic rings. The van der Waals surface area contributed by atoms with Gasteiger partial charge in [-0.2, -0.15) is 0 Å². The molecule has 0 saturated carbocycles.